The number of ether oxygens (including phenoxy) is 3. The molecular weight excluding hydrogens is 460 g/mol. The molecular formula is C24H28N2O7S. The van der Waals surface area contributed by atoms with Gasteiger partial charge in [0.1, 0.15) is 27.8 Å². The molecule has 2 aliphatic heterocycles. The van der Waals surface area contributed by atoms with Gasteiger partial charge in [-0.2, -0.15) is 0 Å². The fraction of sp³-hybridized carbons (Fsp3) is 0.500. The van der Waals surface area contributed by atoms with E-state index in [1.165, 1.54) is 30.7 Å². The second-order valence-electron chi connectivity index (χ2n) is 9.44. The summed E-state index contributed by atoms with van der Waals surface area (Å²) >= 11 is 1.31. The number of β-lactam (4-membered cyclic amide) rings is 1. The van der Waals surface area contributed by atoms with Crippen molar-refractivity contribution in [3.8, 4) is 5.75 Å². The van der Waals surface area contributed by atoms with Crippen molar-refractivity contribution in [2.45, 2.75) is 56.6 Å². The number of benzene rings is 1. The Balaban J connectivity index is 1.73. The first-order chi connectivity index (χ1) is 16.0. The number of carbonyl (C=O) groups is 4. The molecule has 182 valence electrons. The second-order valence-corrected chi connectivity index (χ2v) is 10.7. The molecule has 3 aliphatic rings. The van der Waals surface area contributed by atoms with Crippen LogP contribution in [0.5, 0.6) is 5.75 Å². The lowest BCUT2D eigenvalue weighted by atomic mass is 9.99. The van der Waals surface area contributed by atoms with Crippen LogP contribution in [0.3, 0.4) is 0 Å². The highest BCUT2D eigenvalue weighted by Crippen LogP contribution is 2.54. The Morgan fingerprint density at radius 1 is 1.15 bits per heavy atom. The van der Waals surface area contributed by atoms with Gasteiger partial charge >= 0.3 is 11.9 Å². The Morgan fingerprint density at radius 2 is 1.82 bits per heavy atom. The Hall–Kier alpha value is -3.01. The molecule has 2 amide bonds. The summed E-state index contributed by atoms with van der Waals surface area (Å²) in [7, 11) is 1.31. The number of methoxy groups -OCH3 is 1. The minimum absolute atomic E-state index is 0.0757. The van der Waals surface area contributed by atoms with Gasteiger partial charge in [-0.25, -0.2) is 4.79 Å². The van der Waals surface area contributed by atoms with Crippen LogP contribution in [-0.4, -0.2) is 58.2 Å². The third kappa shape index (κ3) is 4.64. The number of amides is 2. The maximum atomic E-state index is 13.4. The lowest BCUT2D eigenvalue weighted by molar-refractivity contribution is -0.163. The molecule has 1 saturated heterocycles. The topological polar surface area (TPSA) is 111 Å². The fourth-order valence-corrected chi connectivity index (χ4v) is 5.79. The van der Waals surface area contributed by atoms with Gasteiger partial charge in [-0.1, -0.05) is 18.2 Å². The van der Waals surface area contributed by atoms with Gasteiger partial charge in [-0.05, 0) is 50.8 Å². The molecule has 9 nitrogen and oxygen atoms in total. The first-order valence-electron chi connectivity index (χ1n) is 11.0. The van der Waals surface area contributed by atoms with Crippen molar-refractivity contribution in [1.29, 1.82) is 0 Å². The molecule has 10 heteroatoms. The smallest absolute Gasteiger partial charge is 0.355 e. The first-order valence-corrected chi connectivity index (χ1v) is 12.0. The van der Waals surface area contributed by atoms with E-state index in [9.17, 15) is 19.2 Å². The van der Waals surface area contributed by atoms with E-state index in [0.29, 0.717) is 17.7 Å². The van der Waals surface area contributed by atoms with Crippen LogP contribution >= 0.6 is 11.8 Å². The molecule has 2 heterocycles. The predicted octanol–water partition coefficient (Wildman–Crippen LogP) is 2.22. The number of esters is 2. The van der Waals surface area contributed by atoms with Crippen molar-refractivity contribution in [3.05, 3.63) is 41.6 Å². The summed E-state index contributed by atoms with van der Waals surface area (Å²) in [5.74, 6) is -2.01. The lowest BCUT2D eigenvalue weighted by Crippen LogP contribution is -2.68. The summed E-state index contributed by atoms with van der Waals surface area (Å²) in [6.07, 6.45) is -0.375. The molecule has 5 atom stereocenters. The number of fused-ring (bicyclic) bond motifs is 1. The molecule has 0 radical (unpaired) electrons. The molecule has 4 rings (SSSR count). The molecule has 1 saturated carbocycles. The highest BCUT2D eigenvalue weighted by molar-refractivity contribution is 8.00. The normalized spacial score (nSPS) is 27.9. The van der Waals surface area contributed by atoms with Gasteiger partial charge in [0.15, 0.2) is 0 Å². The van der Waals surface area contributed by atoms with Crippen LogP contribution in [0.2, 0.25) is 0 Å². The largest absolute Gasteiger partial charge is 0.477 e. The summed E-state index contributed by atoms with van der Waals surface area (Å²) in [5.41, 5.74) is -0.225. The maximum absolute atomic E-state index is 13.4. The third-order valence-electron chi connectivity index (χ3n) is 5.69. The van der Waals surface area contributed by atoms with Gasteiger partial charge in [-0.3, -0.25) is 19.3 Å². The molecule has 0 bridgehead atoms. The van der Waals surface area contributed by atoms with E-state index in [4.69, 9.17) is 14.2 Å². The number of hydrogen-bond donors (Lipinski definition) is 1. The summed E-state index contributed by atoms with van der Waals surface area (Å²) in [4.78, 5) is 52.2. The zero-order valence-electron chi connectivity index (χ0n) is 19.7. The highest BCUT2D eigenvalue weighted by atomic mass is 32.2. The molecule has 1 aromatic carbocycles. The number of nitrogens with one attached hydrogen (secondary N) is 1. The molecule has 2 fully saturated rings. The summed E-state index contributed by atoms with van der Waals surface area (Å²) < 4.78 is 16.5. The van der Waals surface area contributed by atoms with Crippen molar-refractivity contribution < 1.29 is 33.4 Å². The zero-order chi connectivity index (χ0) is 24.8. The van der Waals surface area contributed by atoms with Crippen LogP contribution in [-0.2, 0) is 28.7 Å². The van der Waals surface area contributed by atoms with E-state index < -0.39 is 40.3 Å². The highest BCUT2D eigenvalue weighted by Gasteiger charge is 2.61. The molecule has 1 N–H and O–H groups in total. The molecule has 1 aromatic rings. The van der Waals surface area contributed by atoms with E-state index in [1.54, 1.807) is 45.0 Å². The van der Waals surface area contributed by atoms with Gasteiger partial charge in [0.25, 0.3) is 5.91 Å². The summed E-state index contributed by atoms with van der Waals surface area (Å²) in [6.45, 7) is 6.59. The Kier molecular flexibility index (Phi) is 6.37. The number of carbonyl (C=O) groups excluding carboxylic acids is 4. The van der Waals surface area contributed by atoms with Gasteiger partial charge in [-0.15, -0.1) is 11.8 Å². The molecule has 1 aliphatic carbocycles. The molecule has 3 unspecified atom stereocenters. The summed E-state index contributed by atoms with van der Waals surface area (Å²) in [5, 5.41) is 1.70. The van der Waals surface area contributed by atoms with E-state index >= 15 is 0 Å². The standard InChI is InChI=1S/C24H28N2O7S/c1-12(27)25-19-16(14-11-15(14)22(29)31-5)17(23(30)33-24(2,3)4)26-20(28)18(21(26)34-19)32-13-9-7-6-8-10-13/h6-10,14-15,18-19,21H,11H2,1-5H3,(H,25,27)/t14?,15?,18-,19?,21-/m1/s1. The zero-order valence-corrected chi connectivity index (χ0v) is 20.5. The predicted molar refractivity (Wildman–Crippen MR) is 123 cm³/mol. The van der Waals surface area contributed by atoms with Crippen molar-refractivity contribution in [3.63, 3.8) is 0 Å². The second kappa shape index (κ2) is 8.98. The van der Waals surface area contributed by atoms with Crippen LogP contribution in [0.1, 0.15) is 34.1 Å². The van der Waals surface area contributed by atoms with E-state index in [1.807, 2.05) is 6.07 Å². The monoisotopic (exact) mass is 488 g/mol. The fourth-order valence-electron chi connectivity index (χ4n) is 4.20. The number of para-hydroxylation sites is 1. The lowest BCUT2D eigenvalue weighted by Gasteiger charge is -2.51. The summed E-state index contributed by atoms with van der Waals surface area (Å²) in [6, 6.07) is 8.93. The number of thioether (sulfide) groups is 1. The van der Waals surface area contributed by atoms with Crippen LogP contribution < -0.4 is 10.1 Å². The minimum Gasteiger partial charge on any atom is -0.477 e. The van der Waals surface area contributed by atoms with Crippen LogP contribution in [0.25, 0.3) is 0 Å². The van der Waals surface area contributed by atoms with Gasteiger partial charge in [0.05, 0.1) is 13.0 Å². The van der Waals surface area contributed by atoms with Crippen molar-refractivity contribution in [2.24, 2.45) is 11.8 Å². The molecule has 0 spiro atoms. The average molecular weight is 489 g/mol. The quantitative estimate of drug-likeness (QED) is 0.479. The number of rotatable bonds is 6. The third-order valence-corrected chi connectivity index (χ3v) is 7.07. The minimum atomic E-state index is -0.835. The van der Waals surface area contributed by atoms with Gasteiger partial charge < -0.3 is 19.5 Å². The first kappa shape index (κ1) is 24.1. The van der Waals surface area contributed by atoms with E-state index in [0.717, 1.165) is 0 Å². The van der Waals surface area contributed by atoms with Crippen LogP contribution in [0, 0.1) is 11.8 Å². The van der Waals surface area contributed by atoms with E-state index in [2.05, 4.69) is 5.32 Å². The molecule has 0 aromatic heterocycles. The Bertz CT molecular complexity index is 1050. The van der Waals surface area contributed by atoms with Crippen molar-refractivity contribution in [1.82, 2.24) is 10.2 Å². The Labute approximate surface area is 202 Å². The van der Waals surface area contributed by atoms with Crippen LogP contribution in [0.15, 0.2) is 41.6 Å². The Morgan fingerprint density at radius 3 is 2.41 bits per heavy atom. The number of nitrogens with zero attached hydrogens (tertiary/aromatic N) is 1. The van der Waals surface area contributed by atoms with Crippen molar-refractivity contribution in [2.75, 3.05) is 7.11 Å². The van der Waals surface area contributed by atoms with Crippen molar-refractivity contribution >= 4 is 35.5 Å². The number of hydrogen-bond acceptors (Lipinski definition) is 8. The SMILES string of the molecule is COC(=O)C1CC1C1=C(C(=O)OC(C)(C)C)N2C(=O)[C@@H](Oc3ccccc3)[C@H]2SC1NC(C)=O. The molecule has 34 heavy (non-hydrogen) atoms. The maximum Gasteiger partial charge on any atom is 0.355 e. The van der Waals surface area contributed by atoms with E-state index in [-0.39, 0.29) is 23.4 Å². The van der Waals surface area contributed by atoms with Crippen LogP contribution in [0.4, 0.5) is 0 Å². The van der Waals surface area contributed by atoms with Gasteiger partial charge in [0, 0.05) is 6.92 Å². The van der Waals surface area contributed by atoms with Gasteiger partial charge in [0.2, 0.25) is 12.0 Å². The average Bonchev–Trinajstić information content (AvgIpc) is 3.55.